The molecular formula is C14H18N2OS2. The second kappa shape index (κ2) is 6.91. The van der Waals surface area contributed by atoms with Gasteiger partial charge in [-0.3, -0.25) is 4.21 Å². The van der Waals surface area contributed by atoms with Gasteiger partial charge in [-0.2, -0.15) is 0 Å². The SMILES string of the molecule is CC(C)CC[S@@](=O)Cc1nnc(-c2ccccc2)s1. The van der Waals surface area contributed by atoms with E-state index in [0.29, 0.717) is 11.7 Å². The lowest BCUT2D eigenvalue weighted by molar-refractivity contribution is 0.619. The molecular weight excluding hydrogens is 276 g/mol. The molecule has 0 aliphatic heterocycles. The maximum atomic E-state index is 11.9. The van der Waals surface area contributed by atoms with Gasteiger partial charge in [-0.25, -0.2) is 0 Å². The van der Waals surface area contributed by atoms with Gasteiger partial charge in [0.25, 0.3) is 0 Å². The highest BCUT2D eigenvalue weighted by Crippen LogP contribution is 2.23. The van der Waals surface area contributed by atoms with E-state index in [0.717, 1.165) is 27.8 Å². The summed E-state index contributed by atoms with van der Waals surface area (Å²) in [6.45, 7) is 4.30. The lowest BCUT2D eigenvalue weighted by Gasteiger charge is -2.02. The lowest BCUT2D eigenvalue weighted by Crippen LogP contribution is -2.03. The Kier molecular flexibility index (Phi) is 5.22. The zero-order valence-corrected chi connectivity index (χ0v) is 12.8. The van der Waals surface area contributed by atoms with Crippen LogP contribution in [0, 0.1) is 5.92 Å². The Morgan fingerprint density at radius 1 is 1.21 bits per heavy atom. The molecule has 5 heteroatoms. The molecule has 3 nitrogen and oxygen atoms in total. The van der Waals surface area contributed by atoms with Gasteiger partial charge in [0.15, 0.2) is 0 Å². The number of nitrogens with zero attached hydrogens (tertiary/aromatic N) is 2. The summed E-state index contributed by atoms with van der Waals surface area (Å²) in [4.78, 5) is 0. The number of aromatic nitrogens is 2. The molecule has 1 aromatic heterocycles. The van der Waals surface area contributed by atoms with Gasteiger partial charge in [0.05, 0.1) is 5.75 Å². The van der Waals surface area contributed by atoms with Gasteiger partial charge in [-0.15, -0.1) is 10.2 Å². The first-order valence-electron chi connectivity index (χ1n) is 6.38. The van der Waals surface area contributed by atoms with Crippen LogP contribution in [-0.2, 0) is 16.6 Å². The Hall–Kier alpha value is -1.07. The molecule has 0 bridgehead atoms. The molecule has 0 unspecified atom stereocenters. The third kappa shape index (κ3) is 4.51. The van der Waals surface area contributed by atoms with Gasteiger partial charge < -0.3 is 0 Å². The summed E-state index contributed by atoms with van der Waals surface area (Å²) >= 11 is 1.53. The summed E-state index contributed by atoms with van der Waals surface area (Å²) in [6, 6.07) is 9.97. The van der Waals surface area contributed by atoms with Crippen LogP contribution in [0.3, 0.4) is 0 Å². The van der Waals surface area contributed by atoms with Gasteiger partial charge in [0.2, 0.25) is 0 Å². The number of benzene rings is 1. The van der Waals surface area contributed by atoms with E-state index in [1.54, 1.807) is 0 Å². The van der Waals surface area contributed by atoms with Gasteiger partial charge in [0.1, 0.15) is 10.0 Å². The van der Waals surface area contributed by atoms with E-state index in [1.165, 1.54) is 11.3 Å². The second-order valence-electron chi connectivity index (χ2n) is 4.84. The largest absolute Gasteiger partial charge is 0.259 e. The fourth-order valence-corrected chi connectivity index (χ4v) is 4.07. The van der Waals surface area contributed by atoms with Crippen LogP contribution < -0.4 is 0 Å². The van der Waals surface area contributed by atoms with Crippen LogP contribution in [0.4, 0.5) is 0 Å². The molecule has 0 saturated carbocycles. The van der Waals surface area contributed by atoms with Crippen molar-refractivity contribution in [3.05, 3.63) is 35.3 Å². The molecule has 0 spiro atoms. The fourth-order valence-electron chi connectivity index (χ4n) is 1.59. The molecule has 0 aliphatic rings. The van der Waals surface area contributed by atoms with E-state index in [1.807, 2.05) is 30.3 Å². The van der Waals surface area contributed by atoms with Crippen LogP contribution in [0.2, 0.25) is 0 Å². The maximum Gasteiger partial charge on any atom is 0.147 e. The van der Waals surface area contributed by atoms with E-state index in [-0.39, 0.29) is 0 Å². The zero-order valence-electron chi connectivity index (χ0n) is 11.2. The van der Waals surface area contributed by atoms with Gasteiger partial charge >= 0.3 is 0 Å². The normalized spacial score (nSPS) is 12.8. The maximum absolute atomic E-state index is 11.9. The number of hydrogen-bond donors (Lipinski definition) is 0. The van der Waals surface area contributed by atoms with Crippen molar-refractivity contribution in [3.8, 4) is 10.6 Å². The first kappa shape index (κ1) is 14.3. The fraction of sp³-hybridized carbons (Fsp3) is 0.429. The molecule has 0 radical (unpaired) electrons. The van der Waals surface area contributed by atoms with Crippen LogP contribution in [-0.4, -0.2) is 20.2 Å². The molecule has 1 heterocycles. The van der Waals surface area contributed by atoms with E-state index >= 15 is 0 Å². The quantitative estimate of drug-likeness (QED) is 0.819. The van der Waals surface area contributed by atoms with Gasteiger partial charge in [-0.05, 0) is 12.3 Å². The van der Waals surface area contributed by atoms with Gasteiger partial charge in [-0.1, -0.05) is 55.5 Å². The zero-order chi connectivity index (χ0) is 13.7. The minimum Gasteiger partial charge on any atom is -0.259 e. The van der Waals surface area contributed by atoms with Crippen LogP contribution >= 0.6 is 11.3 Å². The Bertz CT molecular complexity index is 537. The monoisotopic (exact) mass is 294 g/mol. The third-order valence-electron chi connectivity index (χ3n) is 2.69. The summed E-state index contributed by atoms with van der Waals surface area (Å²) in [5, 5.41) is 10.1. The van der Waals surface area contributed by atoms with Crippen LogP contribution in [0.25, 0.3) is 10.6 Å². The first-order valence-corrected chi connectivity index (χ1v) is 8.68. The van der Waals surface area contributed by atoms with Crippen molar-refractivity contribution in [2.24, 2.45) is 5.92 Å². The second-order valence-corrected chi connectivity index (χ2v) is 7.48. The Morgan fingerprint density at radius 2 is 1.95 bits per heavy atom. The topological polar surface area (TPSA) is 42.9 Å². The van der Waals surface area contributed by atoms with E-state index in [9.17, 15) is 4.21 Å². The van der Waals surface area contributed by atoms with Crippen molar-refractivity contribution in [1.82, 2.24) is 10.2 Å². The smallest absolute Gasteiger partial charge is 0.147 e. The van der Waals surface area contributed by atoms with Crippen molar-refractivity contribution in [3.63, 3.8) is 0 Å². The van der Waals surface area contributed by atoms with Gasteiger partial charge in [0, 0.05) is 22.1 Å². The minimum atomic E-state index is -0.827. The number of rotatable bonds is 6. The van der Waals surface area contributed by atoms with Crippen molar-refractivity contribution < 1.29 is 4.21 Å². The summed E-state index contributed by atoms with van der Waals surface area (Å²) in [5.74, 6) is 1.87. The Labute approximate surface area is 120 Å². The number of hydrogen-bond acceptors (Lipinski definition) is 4. The average molecular weight is 294 g/mol. The Morgan fingerprint density at radius 3 is 2.63 bits per heavy atom. The van der Waals surface area contributed by atoms with Crippen molar-refractivity contribution >= 4 is 22.1 Å². The average Bonchev–Trinajstić information content (AvgIpc) is 2.86. The molecule has 0 N–H and O–H groups in total. The molecule has 0 amide bonds. The highest BCUT2D eigenvalue weighted by molar-refractivity contribution is 7.84. The summed E-state index contributed by atoms with van der Waals surface area (Å²) in [5.41, 5.74) is 1.07. The molecule has 1 atom stereocenters. The van der Waals surface area contributed by atoms with Crippen molar-refractivity contribution in [1.29, 1.82) is 0 Å². The Balaban J connectivity index is 1.96. The highest BCUT2D eigenvalue weighted by atomic mass is 32.2. The summed E-state index contributed by atoms with van der Waals surface area (Å²) < 4.78 is 11.9. The molecule has 0 fully saturated rings. The third-order valence-corrected chi connectivity index (χ3v) is 5.14. The van der Waals surface area contributed by atoms with Crippen LogP contribution in [0.15, 0.2) is 30.3 Å². The van der Waals surface area contributed by atoms with Crippen molar-refractivity contribution in [2.75, 3.05) is 5.75 Å². The molecule has 19 heavy (non-hydrogen) atoms. The van der Waals surface area contributed by atoms with E-state index in [4.69, 9.17) is 0 Å². The molecule has 102 valence electrons. The van der Waals surface area contributed by atoms with Crippen LogP contribution in [0.1, 0.15) is 25.3 Å². The standard InChI is InChI=1S/C14H18N2OS2/c1-11(2)8-9-19(17)10-13-15-16-14(18-13)12-6-4-3-5-7-12/h3-7,11H,8-10H2,1-2H3/t19-/m1/s1. The lowest BCUT2D eigenvalue weighted by atomic mass is 10.2. The molecule has 0 aliphatic carbocycles. The molecule has 1 aromatic carbocycles. The summed E-state index contributed by atoms with van der Waals surface area (Å²) in [7, 11) is -0.827. The predicted octanol–water partition coefficient (Wildman–Crippen LogP) is 3.50. The minimum absolute atomic E-state index is 0.525. The molecule has 2 aromatic rings. The first-order chi connectivity index (χ1) is 9.15. The summed E-state index contributed by atoms with van der Waals surface area (Å²) in [6.07, 6.45) is 0.997. The van der Waals surface area contributed by atoms with E-state index in [2.05, 4.69) is 24.0 Å². The molecule has 2 rings (SSSR count). The van der Waals surface area contributed by atoms with Crippen molar-refractivity contribution in [2.45, 2.75) is 26.0 Å². The van der Waals surface area contributed by atoms with Crippen LogP contribution in [0.5, 0.6) is 0 Å². The molecule has 0 saturated heterocycles. The van der Waals surface area contributed by atoms with E-state index < -0.39 is 10.8 Å². The predicted molar refractivity (Wildman–Crippen MR) is 81.5 cm³/mol. The highest BCUT2D eigenvalue weighted by Gasteiger charge is 2.10.